The lowest BCUT2D eigenvalue weighted by atomic mass is 10.0. The lowest BCUT2D eigenvalue weighted by Gasteiger charge is -2.14. The molecule has 2 aromatic carbocycles. The Bertz CT molecular complexity index is 825. The fourth-order valence-corrected chi connectivity index (χ4v) is 2.51. The van der Waals surface area contributed by atoms with E-state index in [9.17, 15) is 9.90 Å². The van der Waals surface area contributed by atoms with Gasteiger partial charge in [-0.2, -0.15) is 4.80 Å². The van der Waals surface area contributed by atoms with E-state index in [0.717, 1.165) is 16.3 Å². The van der Waals surface area contributed by atoms with E-state index >= 15 is 0 Å². The fourth-order valence-electron chi connectivity index (χ4n) is 2.51. The zero-order valence-corrected chi connectivity index (χ0v) is 12.7. The summed E-state index contributed by atoms with van der Waals surface area (Å²) in [5.41, 5.74) is 1.06. The van der Waals surface area contributed by atoms with Gasteiger partial charge >= 0.3 is 5.97 Å². The molecule has 0 aliphatic carbocycles. The molecule has 1 atom stereocenters. The molecule has 23 heavy (non-hydrogen) atoms. The van der Waals surface area contributed by atoms with Crippen molar-refractivity contribution in [3.8, 4) is 0 Å². The maximum Gasteiger partial charge on any atom is 0.321 e. The number of carbonyl (C=O) groups is 1. The van der Waals surface area contributed by atoms with E-state index in [1.54, 1.807) is 7.05 Å². The van der Waals surface area contributed by atoms with Gasteiger partial charge in [-0.05, 0) is 21.5 Å². The first-order valence-electron chi connectivity index (χ1n) is 7.29. The molecule has 0 saturated carbocycles. The Morgan fingerprint density at radius 3 is 2.78 bits per heavy atom. The van der Waals surface area contributed by atoms with E-state index < -0.39 is 12.0 Å². The first kappa shape index (κ1) is 15.1. The molecular weight excluding hydrogens is 294 g/mol. The van der Waals surface area contributed by atoms with Gasteiger partial charge in [-0.3, -0.25) is 10.1 Å². The van der Waals surface area contributed by atoms with Crippen molar-refractivity contribution in [3.63, 3.8) is 0 Å². The van der Waals surface area contributed by atoms with Crippen LogP contribution in [0.5, 0.6) is 0 Å². The quantitative estimate of drug-likeness (QED) is 0.709. The van der Waals surface area contributed by atoms with Gasteiger partial charge in [0.25, 0.3) is 0 Å². The number of hydrogen-bond acceptors (Lipinski definition) is 5. The van der Waals surface area contributed by atoms with Crippen molar-refractivity contribution in [1.29, 1.82) is 0 Å². The molecule has 3 aromatic rings. The summed E-state index contributed by atoms with van der Waals surface area (Å²) in [4.78, 5) is 12.8. The molecule has 118 valence electrons. The van der Waals surface area contributed by atoms with Crippen LogP contribution in [0.3, 0.4) is 0 Å². The van der Waals surface area contributed by atoms with Crippen molar-refractivity contribution in [2.24, 2.45) is 7.05 Å². The van der Waals surface area contributed by atoms with Crippen LogP contribution in [-0.4, -0.2) is 37.3 Å². The molecule has 0 radical (unpaired) electrons. The smallest absolute Gasteiger partial charge is 0.321 e. The van der Waals surface area contributed by atoms with Crippen molar-refractivity contribution >= 4 is 16.7 Å². The van der Waals surface area contributed by atoms with Crippen LogP contribution in [0, 0.1) is 0 Å². The van der Waals surface area contributed by atoms with E-state index in [1.165, 1.54) is 4.80 Å². The molecule has 0 bridgehead atoms. The Labute approximate surface area is 132 Å². The SMILES string of the molecule is Cn1nnc(CC(NCc2cccc3ccccc23)C(=O)O)n1. The number of nitrogens with one attached hydrogen (secondary N) is 1. The van der Waals surface area contributed by atoms with Crippen LogP contribution in [0.4, 0.5) is 0 Å². The molecule has 3 rings (SSSR count). The topological polar surface area (TPSA) is 92.9 Å². The Balaban J connectivity index is 1.74. The summed E-state index contributed by atoms with van der Waals surface area (Å²) in [6.45, 7) is 0.457. The van der Waals surface area contributed by atoms with Crippen molar-refractivity contribution in [2.75, 3.05) is 0 Å². The van der Waals surface area contributed by atoms with Crippen molar-refractivity contribution in [1.82, 2.24) is 25.5 Å². The van der Waals surface area contributed by atoms with Gasteiger partial charge in [0, 0.05) is 13.0 Å². The molecule has 7 heteroatoms. The third-order valence-corrected chi connectivity index (χ3v) is 3.65. The highest BCUT2D eigenvalue weighted by atomic mass is 16.4. The lowest BCUT2D eigenvalue weighted by molar-refractivity contribution is -0.139. The number of rotatable bonds is 6. The van der Waals surface area contributed by atoms with E-state index in [2.05, 4.69) is 20.7 Å². The van der Waals surface area contributed by atoms with Crippen LogP contribution in [0.25, 0.3) is 10.8 Å². The summed E-state index contributed by atoms with van der Waals surface area (Å²) in [5.74, 6) is -0.525. The highest BCUT2D eigenvalue weighted by Gasteiger charge is 2.20. The molecule has 7 nitrogen and oxygen atoms in total. The molecule has 0 fully saturated rings. The van der Waals surface area contributed by atoms with E-state index in [1.807, 2.05) is 42.5 Å². The summed E-state index contributed by atoms with van der Waals surface area (Å²) in [5, 5.41) is 26.3. The molecule has 1 aromatic heterocycles. The summed E-state index contributed by atoms with van der Waals surface area (Å²) in [7, 11) is 1.65. The Kier molecular flexibility index (Phi) is 4.29. The highest BCUT2D eigenvalue weighted by Crippen LogP contribution is 2.18. The van der Waals surface area contributed by atoms with Crippen LogP contribution in [0.1, 0.15) is 11.4 Å². The van der Waals surface area contributed by atoms with Gasteiger partial charge in [-0.1, -0.05) is 42.5 Å². The number of aliphatic carboxylic acids is 1. The predicted molar refractivity (Wildman–Crippen MR) is 84.7 cm³/mol. The largest absolute Gasteiger partial charge is 0.480 e. The third-order valence-electron chi connectivity index (χ3n) is 3.65. The number of benzene rings is 2. The van der Waals surface area contributed by atoms with Crippen LogP contribution in [0.15, 0.2) is 42.5 Å². The maximum atomic E-state index is 11.5. The molecule has 0 saturated heterocycles. The molecule has 2 N–H and O–H groups in total. The second-order valence-electron chi connectivity index (χ2n) is 5.31. The van der Waals surface area contributed by atoms with Crippen LogP contribution >= 0.6 is 0 Å². The average molecular weight is 311 g/mol. The minimum absolute atomic E-state index is 0.188. The van der Waals surface area contributed by atoms with Gasteiger partial charge in [-0.15, -0.1) is 10.2 Å². The minimum Gasteiger partial charge on any atom is -0.480 e. The number of carboxylic acid groups (broad SMARTS) is 1. The summed E-state index contributed by atoms with van der Waals surface area (Å²) < 4.78 is 0. The zero-order chi connectivity index (χ0) is 16.2. The van der Waals surface area contributed by atoms with E-state index in [0.29, 0.717) is 12.4 Å². The Hall–Kier alpha value is -2.80. The first-order chi connectivity index (χ1) is 11.1. The number of carboxylic acids is 1. The van der Waals surface area contributed by atoms with Gasteiger partial charge in [-0.25, -0.2) is 0 Å². The van der Waals surface area contributed by atoms with Crippen molar-refractivity contribution in [2.45, 2.75) is 19.0 Å². The monoisotopic (exact) mass is 311 g/mol. The molecule has 0 aliphatic rings. The zero-order valence-electron chi connectivity index (χ0n) is 12.7. The standard InChI is InChI=1S/C16H17N5O2/c1-21-19-15(18-20-21)9-14(16(22)23)17-10-12-7-4-6-11-5-2-3-8-13(11)12/h2-8,14,17H,9-10H2,1H3,(H,22,23). The van der Waals surface area contributed by atoms with E-state index in [4.69, 9.17) is 0 Å². The lowest BCUT2D eigenvalue weighted by Crippen LogP contribution is -2.38. The number of tetrazole rings is 1. The van der Waals surface area contributed by atoms with Crippen molar-refractivity contribution in [3.05, 3.63) is 53.9 Å². The number of nitrogens with zero attached hydrogens (tertiary/aromatic N) is 4. The molecule has 1 heterocycles. The average Bonchev–Trinajstić information content (AvgIpc) is 2.96. The van der Waals surface area contributed by atoms with Gasteiger partial charge < -0.3 is 5.11 Å². The number of aromatic nitrogens is 4. The molecule has 0 spiro atoms. The first-order valence-corrected chi connectivity index (χ1v) is 7.29. The second-order valence-corrected chi connectivity index (χ2v) is 5.31. The summed E-state index contributed by atoms with van der Waals surface area (Å²) >= 11 is 0. The van der Waals surface area contributed by atoms with Gasteiger partial charge in [0.05, 0.1) is 7.05 Å². The summed E-state index contributed by atoms with van der Waals surface area (Å²) in [6, 6.07) is 13.3. The Morgan fingerprint density at radius 1 is 1.26 bits per heavy atom. The van der Waals surface area contributed by atoms with Crippen molar-refractivity contribution < 1.29 is 9.90 Å². The van der Waals surface area contributed by atoms with Gasteiger partial charge in [0.15, 0.2) is 5.82 Å². The number of aryl methyl sites for hydroxylation is 1. The molecular formula is C16H17N5O2. The van der Waals surface area contributed by atoms with Crippen LogP contribution in [-0.2, 0) is 24.8 Å². The van der Waals surface area contributed by atoms with E-state index in [-0.39, 0.29) is 6.42 Å². The van der Waals surface area contributed by atoms with Gasteiger partial charge in [0.1, 0.15) is 6.04 Å². The highest BCUT2D eigenvalue weighted by molar-refractivity contribution is 5.85. The molecule has 1 unspecified atom stereocenters. The third kappa shape index (κ3) is 3.51. The fraction of sp³-hybridized carbons (Fsp3) is 0.250. The molecule has 0 amide bonds. The number of hydrogen-bond donors (Lipinski definition) is 2. The summed E-state index contributed by atoms with van der Waals surface area (Å²) in [6.07, 6.45) is 0.188. The normalized spacial score (nSPS) is 12.4. The predicted octanol–water partition coefficient (Wildman–Crippen LogP) is 1.15. The van der Waals surface area contributed by atoms with Crippen LogP contribution < -0.4 is 5.32 Å². The van der Waals surface area contributed by atoms with Gasteiger partial charge in [0.2, 0.25) is 0 Å². The van der Waals surface area contributed by atoms with Crippen LogP contribution in [0.2, 0.25) is 0 Å². The Morgan fingerprint density at radius 2 is 2.04 bits per heavy atom. The maximum absolute atomic E-state index is 11.5. The number of fused-ring (bicyclic) bond motifs is 1. The minimum atomic E-state index is -0.933. The second kappa shape index (κ2) is 6.53. The molecule has 0 aliphatic heterocycles.